The van der Waals surface area contributed by atoms with Crippen LogP contribution in [-0.2, 0) is 14.3 Å². The summed E-state index contributed by atoms with van der Waals surface area (Å²) in [5.41, 5.74) is -1.13. The topological polar surface area (TPSA) is 112 Å². The van der Waals surface area contributed by atoms with Crippen molar-refractivity contribution in [3.05, 3.63) is 24.1 Å². The molecule has 1 aromatic heterocycles. The molecule has 2 atom stereocenters. The molecule has 3 N–H and O–H groups in total. The summed E-state index contributed by atoms with van der Waals surface area (Å²) in [6, 6.07) is 3.00. The number of hydrogen-bond donors (Lipinski definition) is 3. The Kier molecular flexibility index (Phi) is 8.23. The van der Waals surface area contributed by atoms with Crippen LogP contribution in [0.25, 0.3) is 0 Å². The Bertz CT molecular complexity index is 702. The number of aliphatic hydroxyl groups is 1. The summed E-state index contributed by atoms with van der Waals surface area (Å²) >= 11 is 1.45. The van der Waals surface area contributed by atoms with E-state index in [-0.39, 0.29) is 24.8 Å². The van der Waals surface area contributed by atoms with Gasteiger partial charge in [0.15, 0.2) is 11.6 Å². The standard InChI is InChI=1S/C18H26FN3O3S.CH2O2/c1-17(21-15(24)11-26-2)12-18(25-10-14(17)23)5-8-22(9-6-18)16-13(19)4-3-7-20-16;2-1-3/h3-4,7,14,23H,5-6,8-12H2,1-2H3,(H,21,24);1H,(H,2,3)/t14-,17-;/m0./s1. The SMILES string of the molecule is CSCC(=O)N[C@@]1(C)CC2(CCN(c3ncccc3F)CC2)OC[C@@H]1O.O=CO. The summed E-state index contributed by atoms with van der Waals surface area (Å²) in [4.78, 5) is 26.5. The van der Waals surface area contributed by atoms with Crippen LogP contribution in [0.4, 0.5) is 10.2 Å². The Balaban J connectivity index is 0.000000941. The maximum Gasteiger partial charge on any atom is 0.290 e. The summed E-state index contributed by atoms with van der Waals surface area (Å²) < 4.78 is 20.0. The first-order valence-electron chi connectivity index (χ1n) is 9.34. The number of nitrogens with one attached hydrogen (secondary N) is 1. The van der Waals surface area contributed by atoms with Crippen LogP contribution in [-0.4, -0.2) is 76.5 Å². The van der Waals surface area contributed by atoms with Gasteiger partial charge in [0.1, 0.15) is 6.10 Å². The fraction of sp³-hybridized carbons (Fsp3) is 0.632. The van der Waals surface area contributed by atoms with Crippen LogP contribution in [0.3, 0.4) is 0 Å². The number of carbonyl (C=O) groups is 2. The Morgan fingerprint density at radius 3 is 2.76 bits per heavy atom. The van der Waals surface area contributed by atoms with Crippen LogP contribution in [0.1, 0.15) is 26.2 Å². The molecule has 29 heavy (non-hydrogen) atoms. The van der Waals surface area contributed by atoms with E-state index in [0.717, 1.165) is 0 Å². The second-order valence-corrected chi connectivity index (χ2v) is 8.35. The average molecular weight is 430 g/mol. The molecule has 0 bridgehead atoms. The maximum absolute atomic E-state index is 14.0. The van der Waals surface area contributed by atoms with Crippen molar-refractivity contribution in [1.82, 2.24) is 10.3 Å². The first-order chi connectivity index (χ1) is 13.8. The second-order valence-electron chi connectivity index (χ2n) is 7.49. The van der Waals surface area contributed by atoms with Gasteiger partial charge in [0.05, 0.1) is 23.5 Å². The van der Waals surface area contributed by atoms with Crippen molar-refractivity contribution in [3.63, 3.8) is 0 Å². The van der Waals surface area contributed by atoms with Gasteiger partial charge >= 0.3 is 0 Å². The highest BCUT2D eigenvalue weighted by Crippen LogP contribution is 2.40. The van der Waals surface area contributed by atoms with Gasteiger partial charge in [-0.25, -0.2) is 9.37 Å². The molecule has 1 aromatic rings. The lowest BCUT2D eigenvalue weighted by atomic mass is 9.74. The van der Waals surface area contributed by atoms with Crippen molar-refractivity contribution in [2.24, 2.45) is 0 Å². The molecular formula is C19H28FN3O5S. The van der Waals surface area contributed by atoms with Crippen LogP contribution < -0.4 is 10.2 Å². The fourth-order valence-corrected chi connectivity index (χ4v) is 4.28. The molecule has 0 aromatic carbocycles. The van der Waals surface area contributed by atoms with Crippen molar-refractivity contribution >= 4 is 30.0 Å². The summed E-state index contributed by atoms with van der Waals surface area (Å²) in [5.74, 6) is 0.332. The normalized spacial score (nSPS) is 25.7. The highest BCUT2D eigenvalue weighted by Gasteiger charge is 2.50. The highest BCUT2D eigenvalue weighted by atomic mass is 32.2. The minimum atomic E-state index is -0.745. The first kappa shape index (κ1) is 23.4. The van der Waals surface area contributed by atoms with Crippen LogP contribution in [0.5, 0.6) is 0 Å². The predicted octanol–water partition coefficient (Wildman–Crippen LogP) is 1.28. The first-order valence-corrected chi connectivity index (χ1v) is 10.7. The van der Waals surface area contributed by atoms with Gasteiger partial charge in [-0.15, -0.1) is 0 Å². The van der Waals surface area contributed by atoms with Gasteiger partial charge in [-0.05, 0) is 38.2 Å². The summed E-state index contributed by atoms with van der Waals surface area (Å²) in [6.07, 6.45) is 4.66. The van der Waals surface area contributed by atoms with Crippen molar-refractivity contribution in [2.45, 2.75) is 43.4 Å². The van der Waals surface area contributed by atoms with Gasteiger partial charge in [-0.2, -0.15) is 11.8 Å². The summed E-state index contributed by atoms with van der Waals surface area (Å²) in [7, 11) is 0. The van der Waals surface area contributed by atoms with Crippen molar-refractivity contribution < 1.29 is 28.9 Å². The Hall–Kier alpha value is -1.91. The molecule has 3 heterocycles. The summed E-state index contributed by atoms with van der Waals surface area (Å²) in [5, 5.41) is 20.3. The van der Waals surface area contributed by atoms with E-state index in [1.54, 1.807) is 12.3 Å². The third-order valence-corrected chi connectivity index (χ3v) is 5.94. The molecule has 1 amide bonds. The number of carboxylic acid groups (broad SMARTS) is 1. The zero-order chi connectivity index (χ0) is 21.5. The molecule has 0 unspecified atom stereocenters. The van der Waals surface area contributed by atoms with E-state index in [2.05, 4.69) is 10.3 Å². The van der Waals surface area contributed by atoms with Crippen molar-refractivity contribution in [2.75, 3.05) is 36.6 Å². The molecule has 3 rings (SSSR count). The van der Waals surface area contributed by atoms with Gasteiger partial charge in [-0.1, -0.05) is 0 Å². The number of amides is 1. The van der Waals surface area contributed by atoms with Crippen LogP contribution in [0.2, 0.25) is 0 Å². The predicted molar refractivity (Wildman–Crippen MR) is 109 cm³/mol. The molecule has 2 fully saturated rings. The van der Waals surface area contributed by atoms with Crippen molar-refractivity contribution in [1.29, 1.82) is 0 Å². The minimum Gasteiger partial charge on any atom is -0.483 e. The van der Waals surface area contributed by atoms with Gasteiger partial charge in [0, 0.05) is 25.7 Å². The van der Waals surface area contributed by atoms with E-state index in [4.69, 9.17) is 14.6 Å². The van der Waals surface area contributed by atoms with Crippen LogP contribution in [0, 0.1) is 5.82 Å². The third-order valence-electron chi connectivity index (χ3n) is 5.39. The maximum atomic E-state index is 14.0. The van der Waals surface area contributed by atoms with E-state index in [9.17, 15) is 14.3 Å². The molecule has 0 aliphatic carbocycles. The smallest absolute Gasteiger partial charge is 0.290 e. The molecule has 2 saturated heterocycles. The molecule has 1 spiro atoms. The molecule has 2 aliphatic heterocycles. The number of rotatable bonds is 4. The van der Waals surface area contributed by atoms with E-state index >= 15 is 0 Å². The zero-order valence-corrected chi connectivity index (χ0v) is 17.5. The monoisotopic (exact) mass is 429 g/mol. The van der Waals surface area contributed by atoms with Crippen molar-refractivity contribution in [3.8, 4) is 0 Å². The molecule has 0 radical (unpaired) electrons. The lowest BCUT2D eigenvalue weighted by molar-refractivity contribution is -0.172. The Labute approximate surface area is 173 Å². The number of pyridine rings is 1. The van der Waals surface area contributed by atoms with E-state index in [1.165, 1.54) is 17.8 Å². The summed E-state index contributed by atoms with van der Waals surface area (Å²) in [6.45, 7) is 3.07. The van der Waals surface area contributed by atoms with Crippen LogP contribution >= 0.6 is 11.8 Å². The number of aromatic nitrogens is 1. The number of piperidine rings is 1. The largest absolute Gasteiger partial charge is 0.483 e. The molecular weight excluding hydrogens is 401 g/mol. The lowest BCUT2D eigenvalue weighted by Gasteiger charge is -2.52. The molecule has 8 nitrogen and oxygen atoms in total. The number of thioether (sulfide) groups is 1. The van der Waals surface area contributed by atoms with E-state index in [0.29, 0.717) is 43.9 Å². The number of anilines is 1. The number of carbonyl (C=O) groups excluding carboxylic acids is 1. The number of hydrogen-bond acceptors (Lipinski definition) is 7. The van der Waals surface area contributed by atoms with Gasteiger partial charge < -0.3 is 25.2 Å². The van der Waals surface area contributed by atoms with Gasteiger partial charge in [0.2, 0.25) is 5.91 Å². The highest BCUT2D eigenvalue weighted by molar-refractivity contribution is 7.99. The van der Waals surface area contributed by atoms with Gasteiger partial charge in [0.25, 0.3) is 6.47 Å². The lowest BCUT2D eigenvalue weighted by Crippen LogP contribution is -2.66. The number of nitrogens with zero attached hydrogens (tertiary/aromatic N) is 2. The quantitative estimate of drug-likeness (QED) is 0.614. The molecule has 0 saturated carbocycles. The molecule has 2 aliphatic rings. The molecule has 162 valence electrons. The Morgan fingerprint density at radius 1 is 1.52 bits per heavy atom. The van der Waals surface area contributed by atoms with Crippen LogP contribution in [0.15, 0.2) is 18.3 Å². The minimum absolute atomic E-state index is 0.0795. The van der Waals surface area contributed by atoms with E-state index < -0.39 is 17.2 Å². The Morgan fingerprint density at radius 2 is 2.17 bits per heavy atom. The fourth-order valence-electron chi connectivity index (χ4n) is 3.95. The van der Waals surface area contributed by atoms with E-state index in [1.807, 2.05) is 18.1 Å². The number of aliphatic hydroxyl groups excluding tert-OH is 1. The molecule has 10 heteroatoms. The number of halogens is 1. The van der Waals surface area contributed by atoms with Gasteiger partial charge in [-0.3, -0.25) is 9.59 Å². The second kappa shape index (κ2) is 10.2. The third kappa shape index (κ3) is 5.80. The number of ether oxygens (including phenoxy) is 1. The average Bonchev–Trinajstić information content (AvgIpc) is 2.67. The zero-order valence-electron chi connectivity index (χ0n) is 16.6.